The maximum absolute atomic E-state index is 5.06. The van der Waals surface area contributed by atoms with Crippen LogP contribution in [0.5, 0.6) is 0 Å². The quantitative estimate of drug-likeness (QED) is 0.874. The first kappa shape index (κ1) is 15.7. The number of hydrogen-bond acceptors (Lipinski definition) is 6. The summed E-state index contributed by atoms with van der Waals surface area (Å²) in [5.41, 5.74) is 0.284. The van der Waals surface area contributed by atoms with Crippen molar-refractivity contribution in [3.63, 3.8) is 0 Å². The largest absolute Gasteiger partial charge is 0.384 e. The highest BCUT2D eigenvalue weighted by atomic mass is 32.1. The van der Waals surface area contributed by atoms with Crippen LogP contribution in [0.15, 0.2) is 0 Å². The lowest BCUT2D eigenvalue weighted by atomic mass is 9.80. The second-order valence-electron chi connectivity index (χ2n) is 6.90. The summed E-state index contributed by atoms with van der Waals surface area (Å²) in [6, 6.07) is 0.435. The molecule has 0 radical (unpaired) electrons. The molecule has 2 N–H and O–H groups in total. The van der Waals surface area contributed by atoms with Crippen molar-refractivity contribution in [3.05, 3.63) is 5.82 Å². The second-order valence-corrected chi connectivity index (χ2v) is 7.65. The van der Waals surface area contributed by atoms with Gasteiger partial charge in [-0.1, -0.05) is 0 Å². The fraction of sp³-hybridized carbons (Fsp3) is 0.857. The number of piperidine rings is 1. The van der Waals surface area contributed by atoms with Crippen molar-refractivity contribution < 1.29 is 4.74 Å². The molecule has 0 aromatic carbocycles. The van der Waals surface area contributed by atoms with Crippen molar-refractivity contribution in [1.29, 1.82) is 0 Å². The van der Waals surface area contributed by atoms with Gasteiger partial charge in [0.1, 0.15) is 5.82 Å². The van der Waals surface area contributed by atoms with Gasteiger partial charge in [-0.3, -0.25) is 0 Å². The zero-order valence-corrected chi connectivity index (χ0v) is 13.9. The van der Waals surface area contributed by atoms with Crippen LogP contribution in [0.25, 0.3) is 0 Å². The van der Waals surface area contributed by atoms with Gasteiger partial charge in [0.05, 0.1) is 6.61 Å². The number of aromatic nitrogens is 2. The maximum atomic E-state index is 5.06. The van der Waals surface area contributed by atoms with Crippen molar-refractivity contribution in [2.75, 3.05) is 19.0 Å². The zero-order valence-electron chi connectivity index (χ0n) is 13.1. The predicted octanol–water partition coefficient (Wildman–Crippen LogP) is 2.45. The smallest absolute Gasteiger partial charge is 0.202 e. The minimum atomic E-state index is 0.142. The molecule has 0 amide bonds. The Labute approximate surface area is 125 Å². The normalized spacial score (nSPS) is 21.9. The van der Waals surface area contributed by atoms with E-state index in [1.54, 1.807) is 7.11 Å². The molecule has 0 unspecified atom stereocenters. The van der Waals surface area contributed by atoms with Crippen LogP contribution in [0.4, 0.5) is 5.13 Å². The highest BCUT2D eigenvalue weighted by molar-refractivity contribution is 7.09. The van der Waals surface area contributed by atoms with E-state index in [0.717, 1.165) is 30.2 Å². The van der Waals surface area contributed by atoms with Gasteiger partial charge in [0.25, 0.3) is 0 Å². The molecule has 0 saturated carbocycles. The highest BCUT2D eigenvalue weighted by Gasteiger charge is 2.37. The molecular formula is C14H26N4OS. The van der Waals surface area contributed by atoms with E-state index in [0.29, 0.717) is 12.6 Å². The van der Waals surface area contributed by atoms with Crippen LogP contribution in [0, 0.1) is 0 Å². The number of hydrogen-bond donors (Lipinski definition) is 2. The Hall–Kier alpha value is -0.720. The SMILES string of the molecule is COCCc1nsc(NC2CC(C)(C)NC(C)(C)C2)n1. The molecular weight excluding hydrogens is 272 g/mol. The Morgan fingerprint density at radius 1 is 1.30 bits per heavy atom. The van der Waals surface area contributed by atoms with Crippen LogP contribution in [-0.2, 0) is 11.2 Å². The molecule has 1 aromatic heterocycles. The van der Waals surface area contributed by atoms with Crippen molar-refractivity contribution in [3.8, 4) is 0 Å². The van der Waals surface area contributed by atoms with E-state index in [1.165, 1.54) is 11.5 Å². The Bertz CT molecular complexity index is 428. The first-order chi connectivity index (χ1) is 9.30. The summed E-state index contributed by atoms with van der Waals surface area (Å²) in [4.78, 5) is 4.53. The molecule has 5 nitrogen and oxygen atoms in total. The van der Waals surface area contributed by atoms with Crippen LogP contribution in [0.3, 0.4) is 0 Å². The van der Waals surface area contributed by atoms with Gasteiger partial charge in [0, 0.05) is 42.2 Å². The summed E-state index contributed by atoms with van der Waals surface area (Å²) in [6.07, 6.45) is 2.95. The Morgan fingerprint density at radius 2 is 1.95 bits per heavy atom. The summed E-state index contributed by atoms with van der Waals surface area (Å²) < 4.78 is 9.42. The minimum absolute atomic E-state index is 0.142. The average molecular weight is 298 g/mol. The molecule has 0 bridgehead atoms. The van der Waals surface area contributed by atoms with E-state index in [1.807, 2.05) is 0 Å². The standard InChI is InChI=1S/C14H26N4OS/c1-13(2)8-10(9-14(3,4)18-13)15-12-16-11(17-20-12)6-7-19-5/h10,18H,6-9H2,1-5H3,(H,15,16,17). The summed E-state index contributed by atoms with van der Waals surface area (Å²) in [5.74, 6) is 0.867. The molecule has 1 fully saturated rings. The first-order valence-corrected chi connectivity index (χ1v) is 7.94. The maximum Gasteiger partial charge on any atom is 0.202 e. The monoisotopic (exact) mass is 298 g/mol. The second kappa shape index (κ2) is 5.95. The zero-order chi connectivity index (χ0) is 14.8. The molecule has 1 aliphatic heterocycles. The van der Waals surface area contributed by atoms with Crippen molar-refractivity contribution in [2.45, 2.75) is 64.1 Å². The molecule has 1 aromatic rings. The van der Waals surface area contributed by atoms with Gasteiger partial charge in [0.2, 0.25) is 5.13 Å². The van der Waals surface area contributed by atoms with Gasteiger partial charge < -0.3 is 15.4 Å². The molecule has 2 rings (SSSR count). The van der Waals surface area contributed by atoms with E-state index < -0.39 is 0 Å². The van der Waals surface area contributed by atoms with E-state index in [4.69, 9.17) is 4.74 Å². The summed E-state index contributed by atoms with van der Waals surface area (Å²) in [6.45, 7) is 9.70. The number of anilines is 1. The lowest BCUT2D eigenvalue weighted by molar-refractivity contribution is 0.170. The lowest BCUT2D eigenvalue weighted by Gasteiger charge is -2.46. The van der Waals surface area contributed by atoms with Crippen LogP contribution in [0.2, 0.25) is 0 Å². The van der Waals surface area contributed by atoms with Gasteiger partial charge in [-0.2, -0.15) is 4.37 Å². The number of methoxy groups -OCH3 is 1. The van der Waals surface area contributed by atoms with Gasteiger partial charge in [-0.05, 0) is 40.5 Å². The molecule has 0 atom stereocenters. The Morgan fingerprint density at radius 3 is 2.55 bits per heavy atom. The Balaban J connectivity index is 1.97. The van der Waals surface area contributed by atoms with Gasteiger partial charge in [0.15, 0.2) is 0 Å². The average Bonchev–Trinajstić information content (AvgIpc) is 2.69. The molecule has 0 spiro atoms. The summed E-state index contributed by atoms with van der Waals surface area (Å²) in [7, 11) is 1.70. The van der Waals surface area contributed by atoms with E-state index in [2.05, 4.69) is 47.7 Å². The fourth-order valence-electron chi connectivity index (χ4n) is 3.21. The Kier molecular flexibility index (Phi) is 4.66. The molecule has 6 heteroatoms. The van der Waals surface area contributed by atoms with E-state index in [-0.39, 0.29) is 11.1 Å². The van der Waals surface area contributed by atoms with Crippen molar-refractivity contribution in [1.82, 2.24) is 14.7 Å². The molecule has 1 saturated heterocycles. The number of nitrogens with zero attached hydrogens (tertiary/aromatic N) is 2. The number of rotatable bonds is 5. The van der Waals surface area contributed by atoms with E-state index in [9.17, 15) is 0 Å². The van der Waals surface area contributed by atoms with Gasteiger partial charge in [-0.25, -0.2) is 4.98 Å². The van der Waals surface area contributed by atoms with E-state index >= 15 is 0 Å². The molecule has 0 aliphatic carbocycles. The summed E-state index contributed by atoms with van der Waals surface area (Å²) >= 11 is 1.45. The molecule has 114 valence electrons. The van der Waals surface area contributed by atoms with Crippen molar-refractivity contribution in [2.24, 2.45) is 0 Å². The topological polar surface area (TPSA) is 59.1 Å². The highest BCUT2D eigenvalue weighted by Crippen LogP contribution is 2.30. The lowest BCUT2D eigenvalue weighted by Crippen LogP contribution is -2.60. The third kappa shape index (κ3) is 4.40. The fourth-order valence-corrected chi connectivity index (χ4v) is 3.90. The predicted molar refractivity (Wildman–Crippen MR) is 83.4 cm³/mol. The molecule has 1 aliphatic rings. The first-order valence-electron chi connectivity index (χ1n) is 7.17. The van der Waals surface area contributed by atoms with Gasteiger partial charge in [-0.15, -0.1) is 0 Å². The molecule has 20 heavy (non-hydrogen) atoms. The van der Waals surface area contributed by atoms with Crippen LogP contribution in [0.1, 0.15) is 46.4 Å². The van der Waals surface area contributed by atoms with Crippen LogP contribution < -0.4 is 10.6 Å². The minimum Gasteiger partial charge on any atom is -0.384 e. The van der Waals surface area contributed by atoms with Gasteiger partial charge >= 0.3 is 0 Å². The van der Waals surface area contributed by atoms with Crippen LogP contribution >= 0.6 is 11.5 Å². The molecule has 2 heterocycles. The number of ether oxygens (including phenoxy) is 1. The van der Waals surface area contributed by atoms with Crippen LogP contribution in [-0.4, -0.2) is 40.2 Å². The van der Waals surface area contributed by atoms with Crippen molar-refractivity contribution >= 4 is 16.7 Å². The summed E-state index contributed by atoms with van der Waals surface area (Å²) in [5, 5.41) is 8.17. The number of nitrogens with one attached hydrogen (secondary N) is 2. The third-order valence-electron chi connectivity index (χ3n) is 3.52. The third-order valence-corrected chi connectivity index (χ3v) is 4.20.